The van der Waals surface area contributed by atoms with Gasteiger partial charge in [0.05, 0.1) is 6.61 Å². The summed E-state index contributed by atoms with van der Waals surface area (Å²) in [5.74, 6) is -0.622. The van der Waals surface area contributed by atoms with E-state index in [4.69, 9.17) is 9.47 Å². The Labute approximate surface area is 283 Å². The number of allylic oxidation sites excluding steroid dienone is 12. The van der Waals surface area contributed by atoms with Crippen LogP contribution < -0.4 is 0 Å². The van der Waals surface area contributed by atoms with Gasteiger partial charge in [-0.3, -0.25) is 9.59 Å². The van der Waals surface area contributed by atoms with Crippen LogP contribution in [0.4, 0.5) is 0 Å². The Kier molecular flexibility index (Phi) is 34.7. The highest BCUT2D eigenvalue weighted by atomic mass is 16.6. The minimum absolute atomic E-state index is 0.0751. The van der Waals surface area contributed by atoms with E-state index in [0.717, 1.165) is 83.5 Å². The number of carbonyl (C=O) groups is 2. The van der Waals surface area contributed by atoms with Gasteiger partial charge in [0.1, 0.15) is 6.61 Å². The van der Waals surface area contributed by atoms with Crippen LogP contribution in [0.5, 0.6) is 0 Å². The van der Waals surface area contributed by atoms with E-state index >= 15 is 0 Å². The quantitative estimate of drug-likeness (QED) is 0.0450. The van der Waals surface area contributed by atoms with Gasteiger partial charge in [0.25, 0.3) is 0 Å². The van der Waals surface area contributed by atoms with Crippen LogP contribution in [0.15, 0.2) is 72.9 Å². The number of aliphatic hydroxyl groups is 1. The van der Waals surface area contributed by atoms with Crippen molar-refractivity contribution in [3.8, 4) is 0 Å². The SMILES string of the molecule is CC/C=C\C/C=C\C/C=C\C/C=C\C/C=C\C/C=C\CCCCCCCCC(=O)OC(CO)COC(=O)CCCCCCCCC. The number of esters is 2. The van der Waals surface area contributed by atoms with E-state index in [-0.39, 0.29) is 25.2 Å². The van der Waals surface area contributed by atoms with Gasteiger partial charge >= 0.3 is 11.9 Å². The summed E-state index contributed by atoms with van der Waals surface area (Å²) in [6.07, 6.45) is 48.3. The Bertz CT molecular complexity index is 864. The van der Waals surface area contributed by atoms with Crippen LogP contribution in [0.25, 0.3) is 0 Å². The largest absolute Gasteiger partial charge is 0.462 e. The monoisotopic (exact) mass is 641 g/mol. The maximum atomic E-state index is 12.1. The van der Waals surface area contributed by atoms with Crippen molar-refractivity contribution in [2.75, 3.05) is 13.2 Å². The number of hydrogen-bond acceptors (Lipinski definition) is 5. The predicted octanol–water partition coefficient (Wildman–Crippen LogP) is 11.4. The maximum absolute atomic E-state index is 12.1. The van der Waals surface area contributed by atoms with Crippen molar-refractivity contribution in [3.63, 3.8) is 0 Å². The Morgan fingerprint density at radius 1 is 0.522 bits per heavy atom. The van der Waals surface area contributed by atoms with Gasteiger partial charge in [0, 0.05) is 12.8 Å². The average Bonchev–Trinajstić information content (AvgIpc) is 3.06. The molecule has 0 fully saturated rings. The van der Waals surface area contributed by atoms with Gasteiger partial charge in [-0.15, -0.1) is 0 Å². The Balaban J connectivity index is 3.63. The van der Waals surface area contributed by atoms with E-state index in [2.05, 4.69) is 86.8 Å². The predicted molar refractivity (Wildman–Crippen MR) is 196 cm³/mol. The third kappa shape index (κ3) is 34.2. The zero-order valence-electron chi connectivity index (χ0n) is 29.6. The lowest BCUT2D eigenvalue weighted by Crippen LogP contribution is -2.28. The number of carbonyl (C=O) groups excluding carboxylic acids is 2. The molecule has 0 radical (unpaired) electrons. The molecule has 1 unspecified atom stereocenters. The van der Waals surface area contributed by atoms with Crippen LogP contribution in [0.3, 0.4) is 0 Å². The highest BCUT2D eigenvalue weighted by Gasteiger charge is 2.16. The van der Waals surface area contributed by atoms with Crippen molar-refractivity contribution >= 4 is 11.9 Å². The lowest BCUT2D eigenvalue weighted by atomic mass is 10.1. The fourth-order valence-electron chi connectivity index (χ4n) is 4.73. The summed E-state index contributed by atoms with van der Waals surface area (Å²) in [5.41, 5.74) is 0. The molecule has 1 N–H and O–H groups in total. The minimum atomic E-state index is -0.778. The molecule has 0 amide bonds. The molecule has 0 aliphatic rings. The van der Waals surface area contributed by atoms with Crippen LogP contribution in [0.1, 0.15) is 155 Å². The van der Waals surface area contributed by atoms with Gasteiger partial charge < -0.3 is 14.6 Å². The molecule has 0 aliphatic heterocycles. The highest BCUT2D eigenvalue weighted by molar-refractivity contribution is 5.70. The first kappa shape index (κ1) is 43.3. The third-order valence-electron chi connectivity index (χ3n) is 7.51. The lowest BCUT2D eigenvalue weighted by Gasteiger charge is -2.15. The van der Waals surface area contributed by atoms with E-state index in [1.807, 2.05) is 0 Å². The van der Waals surface area contributed by atoms with Crippen molar-refractivity contribution in [2.45, 2.75) is 161 Å². The first-order valence-electron chi connectivity index (χ1n) is 18.5. The standard InChI is InChI=1S/C41H68O5/c1-3-5-7-9-11-12-13-14-15-16-17-18-19-20-21-22-23-24-25-26-27-28-30-32-34-36-41(44)46-39(37-42)38-45-40(43)35-33-31-29-10-8-6-4-2/h5,7,11-12,14-15,17-18,20-21,23-24,39,42H,3-4,6,8-10,13,16,19,22,25-38H2,1-2H3/b7-5-,12-11-,15-14-,18-17-,21-20-,24-23-. The summed E-state index contributed by atoms with van der Waals surface area (Å²) < 4.78 is 10.5. The Morgan fingerprint density at radius 2 is 0.935 bits per heavy atom. The number of aliphatic hydroxyl groups excluding tert-OH is 1. The second-order valence-corrected chi connectivity index (χ2v) is 11.9. The van der Waals surface area contributed by atoms with E-state index < -0.39 is 6.10 Å². The summed E-state index contributed by atoms with van der Waals surface area (Å²) >= 11 is 0. The molecule has 0 aromatic carbocycles. The number of unbranched alkanes of at least 4 members (excludes halogenated alkanes) is 12. The second-order valence-electron chi connectivity index (χ2n) is 11.9. The molecule has 0 aromatic rings. The van der Waals surface area contributed by atoms with Crippen LogP contribution >= 0.6 is 0 Å². The smallest absolute Gasteiger partial charge is 0.306 e. The van der Waals surface area contributed by atoms with Crippen molar-refractivity contribution < 1.29 is 24.2 Å². The molecule has 262 valence electrons. The van der Waals surface area contributed by atoms with Gasteiger partial charge in [0.15, 0.2) is 6.10 Å². The molecule has 0 saturated heterocycles. The van der Waals surface area contributed by atoms with Gasteiger partial charge in [-0.1, -0.05) is 151 Å². The van der Waals surface area contributed by atoms with Crippen molar-refractivity contribution in [2.24, 2.45) is 0 Å². The minimum Gasteiger partial charge on any atom is -0.462 e. The fourth-order valence-corrected chi connectivity index (χ4v) is 4.73. The summed E-state index contributed by atoms with van der Waals surface area (Å²) in [4.78, 5) is 24.0. The van der Waals surface area contributed by atoms with Gasteiger partial charge in [-0.2, -0.15) is 0 Å². The first-order chi connectivity index (χ1) is 22.6. The zero-order valence-corrected chi connectivity index (χ0v) is 29.6. The zero-order chi connectivity index (χ0) is 33.6. The Morgan fingerprint density at radius 3 is 1.41 bits per heavy atom. The number of ether oxygens (including phenoxy) is 2. The Hall–Kier alpha value is -2.66. The molecule has 0 rings (SSSR count). The molecule has 0 bridgehead atoms. The van der Waals surface area contributed by atoms with Crippen LogP contribution in [0.2, 0.25) is 0 Å². The highest BCUT2D eigenvalue weighted by Crippen LogP contribution is 2.11. The van der Waals surface area contributed by atoms with E-state index in [1.165, 1.54) is 44.9 Å². The summed E-state index contributed by atoms with van der Waals surface area (Å²) in [7, 11) is 0. The van der Waals surface area contributed by atoms with Gasteiger partial charge in [-0.05, 0) is 64.2 Å². The third-order valence-corrected chi connectivity index (χ3v) is 7.51. The molecule has 5 heteroatoms. The molecule has 0 saturated carbocycles. The summed E-state index contributed by atoms with van der Waals surface area (Å²) in [6.45, 7) is 3.94. The van der Waals surface area contributed by atoms with E-state index in [9.17, 15) is 14.7 Å². The molecule has 1 atom stereocenters. The maximum Gasteiger partial charge on any atom is 0.306 e. The molecule has 5 nitrogen and oxygen atoms in total. The first-order valence-corrected chi connectivity index (χ1v) is 18.5. The number of hydrogen-bond donors (Lipinski definition) is 1. The molecule has 0 aliphatic carbocycles. The van der Waals surface area contributed by atoms with Crippen LogP contribution in [0, 0.1) is 0 Å². The van der Waals surface area contributed by atoms with E-state index in [0.29, 0.717) is 12.8 Å². The summed E-state index contributed by atoms with van der Waals surface area (Å²) in [6, 6.07) is 0. The van der Waals surface area contributed by atoms with E-state index in [1.54, 1.807) is 0 Å². The van der Waals surface area contributed by atoms with Crippen molar-refractivity contribution in [1.82, 2.24) is 0 Å². The molecule has 0 spiro atoms. The van der Waals surface area contributed by atoms with Crippen molar-refractivity contribution in [1.29, 1.82) is 0 Å². The topological polar surface area (TPSA) is 72.8 Å². The molecule has 0 aromatic heterocycles. The lowest BCUT2D eigenvalue weighted by molar-refractivity contribution is -0.161. The molecular formula is C41H68O5. The normalized spacial score (nSPS) is 13.0. The van der Waals surface area contributed by atoms with Crippen molar-refractivity contribution in [3.05, 3.63) is 72.9 Å². The van der Waals surface area contributed by atoms with Gasteiger partial charge in [-0.25, -0.2) is 0 Å². The second kappa shape index (κ2) is 36.8. The van der Waals surface area contributed by atoms with Crippen LogP contribution in [-0.4, -0.2) is 36.4 Å². The number of rotatable bonds is 32. The van der Waals surface area contributed by atoms with Crippen LogP contribution in [-0.2, 0) is 19.1 Å². The molecule has 46 heavy (non-hydrogen) atoms. The average molecular weight is 641 g/mol. The summed E-state index contributed by atoms with van der Waals surface area (Å²) in [5, 5.41) is 9.49. The molecule has 0 heterocycles. The van der Waals surface area contributed by atoms with Gasteiger partial charge in [0.2, 0.25) is 0 Å². The fraction of sp³-hybridized carbons (Fsp3) is 0.659. The molecular weight excluding hydrogens is 572 g/mol.